The fourth-order valence-electron chi connectivity index (χ4n) is 1.32. The Morgan fingerprint density at radius 2 is 1.83 bits per heavy atom. The third-order valence-corrected chi connectivity index (χ3v) is 2.70. The third kappa shape index (κ3) is 3.37. The minimum atomic E-state index is -0.0352. The van der Waals surface area contributed by atoms with Crippen LogP contribution in [0.4, 0.5) is 0 Å². The van der Waals surface area contributed by atoms with E-state index in [2.05, 4.69) is 25.9 Å². The van der Waals surface area contributed by atoms with Crippen molar-refractivity contribution in [2.45, 2.75) is 6.92 Å². The molecule has 18 heavy (non-hydrogen) atoms. The summed E-state index contributed by atoms with van der Waals surface area (Å²) in [7, 11) is 0. The van der Waals surface area contributed by atoms with Crippen molar-refractivity contribution in [3.63, 3.8) is 0 Å². The Morgan fingerprint density at radius 3 is 2.39 bits per heavy atom. The first-order valence-corrected chi connectivity index (χ1v) is 6.14. The third-order valence-electron chi connectivity index (χ3n) is 2.17. The Balaban J connectivity index is 2.12. The van der Waals surface area contributed by atoms with E-state index in [0.29, 0.717) is 11.6 Å². The van der Waals surface area contributed by atoms with Gasteiger partial charge in [0.1, 0.15) is 6.61 Å². The molecule has 2 aromatic rings. The van der Waals surface area contributed by atoms with Gasteiger partial charge < -0.3 is 4.74 Å². The number of Topliss-reactive ketones (excluding diaryl/α,β-unsaturated/α-hetero) is 1. The van der Waals surface area contributed by atoms with Crippen molar-refractivity contribution in [2.75, 3.05) is 6.61 Å². The van der Waals surface area contributed by atoms with Crippen LogP contribution in [0.25, 0.3) is 11.4 Å². The quantitative estimate of drug-likeness (QED) is 0.871. The van der Waals surface area contributed by atoms with Gasteiger partial charge in [-0.05, 0) is 19.1 Å². The Morgan fingerprint density at radius 1 is 1.22 bits per heavy atom. The molecule has 0 bridgehead atoms. The first-order valence-electron chi connectivity index (χ1n) is 5.35. The molecule has 0 unspecified atom stereocenters. The van der Waals surface area contributed by atoms with Crippen molar-refractivity contribution >= 4 is 21.7 Å². The molecule has 0 saturated carbocycles. The Hall–Kier alpha value is -1.75. The van der Waals surface area contributed by atoms with Gasteiger partial charge in [0.05, 0.1) is 12.4 Å². The topological polar surface area (TPSA) is 52.1 Å². The molecule has 1 heterocycles. The molecule has 5 heteroatoms. The van der Waals surface area contributed by atoms with Crippen LogP contribution in [0.3, 0.4) is 0 Å². The molecule has 0 aliphatic carbocycles. The van der Waals surface area contributed by atoms with E-state index in [1.54, 1.807) is 12.4 Å². The summed E-state index contributed by atoms with van der Waals surface area (Å²) in [6.07, 6.45) is 3.13. The predicted octanol–water partition coefficient (Wildman–Crippen LogP) is 2.87. The summed E-state index contributed by atoms with van der Waals surface area (Å²) < 4.78 is 6.20. The van der Waals surface area contributed by atoms with E-state index in [4.69, 9.17) is 4.74 Å². The molecule has 1 aromatic heterocycles. The molecule has 0 amide bonds. The van der Waals surface area contributed by atoms with Crippen molar-refractivity contribution in [3.05, 3.63) is 41.1 Å². The second kappa shape index (κ2) is 5.73. The lowest BCUT2D eigenvalue weighted by atomic mass is 10.2. The monoisotopic (exact) mass is 306 g/mol. The van der Waals surface area contributed by atoms with Crippen LogP contribution in [-0.4, -0.2) is 22.4 Å². The number of hydrogen-bond donors (Lipinski definition) is 0. The number of carbonyl (C=O) groups excluding carboxylic acids is 1. The van der Waals surface area contributed by atoms with Crippen LogP contribution in [0.5, 0.6) is 5.75 Å². The summed E-state index contributed by atoms with van der Waals surface area (Å²) in [4.78, 5) is 19.2. The molecule has 0 N–H and O–H groups in total. The van der Waals surface area contributed by atoms with Crippen molar-refractivity contribution in [1.82, 2.24) is 9.97 Å². The van der Waals surface area contributed by atoms with Gasteiger partial charge in [0.25, 0.3) is 0 Å². The molecule has 4 nitrogen and oxygen atoms in total. The fourth-order valence-corrected chi connectivity index (χ4v) is 1.59. The average Bonchev–Trinajstić information content (AvgIpc) is 2.38. The van der Waals surface area contributed by atoms with Gasteiger partial charge in [-0.2, -0.15) is 0 Å². The molecule has 0 saturated heterocycles. The van der Waals surface area contributed by atoms with Crippen LogP contribution in [0, 0.1) is 0 Å². The number of nitrogens with zero attached hydrogens (tertiary/aromatic N) is 2. The van der Waals surface area contributed by atoms with E-state index in [0.717, 1.165) is 10.0 Å². The fraction of sp³-hybridized carbons (Fsp3) is 0.154. The zero-order valence-corrected chi connectivity index (χ0v) is 11.3. The largest absolute Gasteiger partial charge is 0.483 e. The van der Waals surface area contributed by atoms with E-state index < -0.39 is 0 Å². The summed E-state index contributed by atoms with van der Waals surface area (Å²) in [5.41, 5.74) is 0.927. The summed E-state index contributed by atoms with van der Waals surface area (Å²) in [5.74, 6) is 1.08. The van der Waals surface area contributed by atoms with Gasteiger partial charge in [-0.25, -0.2) is 9.97 Å². The zero-order valence-electron chi connectivity index (χ0n) is 9.76. The first kappa shape index (κ1) is 12.7. The van der Waals surface area contributed by atoms with E-state index in [9.17, 15) is 4.79 Å². The Labute approximate surface area is 113 Å². The summed E-state index contributed by atoms with van der Waals surface area (Å²) >= 11 is 3.37. The Kier molecular flexibility index (Phi) is 4.04. The van der Waals surface area contributed by atoms with Crippen LogP contribution >= 0.6 is 15.9 Å². The van der Waals surface area contributed by atoms with Gasteiger partial charge >= 0.3 is 0 Å². The summed E-state index contributed by atoms with van der Waals surface area (Å²) in [5, 5.41) is 0. The van der Waals surface area contributed by atoms with Crippen LogP contribution in [0.15, 0.2) is 41.1 Å². The molecule has 92 valence electrons. The normalized spacial score (nSPS) is 10.1. The van der Waals surface area contributed by atoms with Crippen molar-refractivity contribution in [3.8, 4) is 17.1 Å². The number of aromatic nitrogens is 2. The van der Waals surface area contributed by atoms with Gasteiger partial charge in [-0.3, -0.25) is 4.79 Å². The van der Waals surface area contributed by atoms with E-state index in [1.165, 1.54) is 6.92 Å². The van der Waals surface area contributed by atoms with E-state index >= 15 is 0 Å². The van der Waals surface area contributed by atoms with Crippen LogP contribution in [-0.2, 0) is 4.79 Å². The predicted molar refractivity (Wildman–Crippen MR) is 71.3 cm³/mol. The number of carbonyl (C=O) groups is 1. The number of halogens is 1. The molecule has 0 atom stereocenters. The molecule has 1 aromatic carbocycles. The molecular formula is C13H11BrN2O2. The van der Waals surface area contributed by atoms with Gasteiger partial charge in [0, 0.05) is 10.0 Å². The average molecular weight is 307 g/mol. The maximum atomic E-state index is 10.8. The maximum absolute atomic E-state index is 10.8. The molecular weight excluding hydrogens is 296 g/mol. The molecule has 0 radical (unpaired) electrons. The van der Waals surface area contributed by atoms with Crippen LogP contribution in [0.2, 0.25) is 0 Å². The van der Waals surface area contributed by atoms with E-state index in [1.807, 2.05) is 24.3 Å². The highest BCUT2D eigenvalue weighted by Gasteiger charge is 2.02. The number of hydrogen-bond acceptors (Lipinski definition) is 4. The number of rotatable bonds is 4. The van der Waals surface area contributed by atoms with E-state index in [-0.39, 0.29) is 12.4 Å². The summed E-state index contributed by atoms with van der Waals surface area (Å²) in [6, 6.07) is 7.71. The zero-order chi connectivity index (χ0) is 13.0. The standard InChI is InChI=1S/C13H11BrN2O2/c1-9(17)8-18-12-6-15-13(16-7-12)10-2-4-11(14)5-3-10/h2-7H,8H2,1H3. The van der Waals surface area contributed by atoms with Gasteiger partial charge in [0.2, 0.25) is 0 Å². The van der Waals surface area contributed by atoms with Gasteiger partial charge in [-0.15, -0.1) is 0 Å². The highest BCUT2D eigenvalue weighted by Crippen LogP contribution is 2.19. The molecule has 0 fully saturated rings. The molecule has 0 aliphatic rings. The Bertz CT molecular complexity index is 538. The smallest absolute Gasteiger partial charge is 0.167 e. The van der Waals surface area contributed by atoms with Crippen molar-refractivity contribution in [2.24, 2.45) is 0 Å². The maximum Gasteiger partial charge on any atom is 0.167 e. The summed E-state index contributed by atoms with van der Waals surface area (Å²) in [6.45, 7) is 1.51. The minimum absolute atomic E-state index is 0.0352. The number of benzene rings is 1. The van der Waals surface area contributed by atoms with Crippen molar-refractivity contribution < 1.29 is 9.53 Å². The second-order valence-electron chi connectivity index (χ2n) is 3.74. The van der Waals surface area contributed by atoms with Gasteiger partial charge in [0.15, 0.2) is 17.4 Å². The minimum Gasteiger partial charge on any atom is -0.483 e. The van der Waals surface area contributed by atoms with Crippen molar-refractivity contribution in [1.29, 1.82) is 0 Å². The number of ketones is 1. The first-order chi connectivity index (χ1) is 8.65. The molecule has 2 rings (SSSR count). The SMILES string of the molecule is CC(=O)COc1cnc(-c2ccc(Br)cc2)nc1. The lowest BCUT2D eigenvalue weighted by Crippen LogP contribution is -2.07. The number of ether oxygens (including phenoxy) is 1. The van der Waals surface area contributed by atoms with Crippen LogP contribution < -0.4 is 4.74 Å². The highest BCUT2D eigenvalue weighted by atomic mass is 79.9. The second-order valence-corrected chi connectivity index (χ2v) is 4.66. The molecule has 0 spiro atoms. The lowest BCUT2D eigenvalue weighted by Gasteiger charge is -2.04. The van der Waals surface area contributed by atoms with Crippen LogP contribution in [0.1, 0.15) is 6.92 Å². The lowest BCUT2D eigenvalue weighted by molar-refractivity contribution is -0.118. The highest BCUT2D eigenvalue weighted by molar-refractivity contribution is 9.10. The van der Waals surface area contributed by atoms with Gasteiger partial charge in [-0.1, -0.05) is 28.1 Å². The molecule has 0 aliphatic heterocycles.